The fourth-order valence-corrected chi connectivity index (χ4v) is 5.64. The third kappa shape index (κ3) is 3.78. The molecule has 0 radical (unpaired) electrons. The van der Waals surface area contributed by atoms with Crippen LogP contribution in [0.4, 0.5) is 0 Å². The summed E-state index contributed by atoms with van der Waals surface area (Å²) in [6, 6.07) is 21.0. The number of likely N-dealkylation sites (tertiary alicyclic amines) is 2. The van der Waals surface area contributed by atoms with E-state index in [4.69, 9.17) is 4.74 Å². The monoisotopic (exact) mass is 421 g/mol. The fourth-order valence-electron chi connectivity index (χ4n) is 5.64. The first-order chi connectivity index (χ1) is 15.2. The van der Waals surface area contributed by atoms with Gasteiger partial charge in [-0.3, -0.25) is 14.6 Å². The van der Waals surface area contributed by atoms with Crippen LogP contribution in [0.2, 0.25) is 0 Å². The third-order valence-corrected chi connectivity index (χ3v) is 7.22. The lowest BCUT2D eigenvalue weighted by Gasteiger charge is -2.71. The molecule has 31 heavy (non-hydrogen) atoms. The molecule has 164 valence electrons. The number of hydrogen-bond acceptors (Lipinski definition) is 5. The first-order valence-electron chi connectivity index (χ1n) is 11.3. The number of benzene rings is 2. The van der Waals surface area contributed by atoms with Gasteiger partial charge >= 0.3 is 0 Å². The number of ether oxygens (including phenoxy) is 1. The van der Waals surface area contributed by atoms with Crippen LogP contribution in [0, 0.1) is 0 Å². The molecule has 1 spiro atoms. The Balaban J connectivity index is 1.34. The molecule has 0 aromatic heterocycles. The SMILES string of the molecule is O=C(CN1CCOCC1)N1CC2(C1)[C@H](c1ccccc1)[C@@H](CO)N2Cc1ccccc1. The molecule has 3 fully saturated rings. The van der Waals surface area contributed by atoms with Crippen LogP contribution in [-0.4, -0.2) is 89.8 Å². The molecule has 0 aliphatic carbocycles. The minimum atomic E-state index is -0.106. The number of carbonyl (C=O) groups is 1. The number of aliphatic hydroxyl groups excluding tert-OH is 1. The van der Waals surface area contributed by atoms with E-state index >= 15 is 0 Å². The predicted molar refractivity (Wildman–Crippen MR) is 119 cm³/mol. The van der Waals surface area contributed by atoms with Crippen molar-refractivity contribution in [3.05, 3.63) is 71.8 Å². The summed E-state index contributed by atoms with van der Waals surface area (Å²) >= 11 is 0. The summed E-state index contributed by atoms with van der Waals surface area (Å²) in [5.41, 5.74) is 2.39. The van der Waals surface area contributed by atoms with Crippen molar-refractivity contribution in [3.63, 3.8) is 0 Å². The largest absolute Gasteiger partial charge is 0.395 e. The quantitative estimate of drug-likeness (QED) is 0.767. The summed E-state index contributed by atoms with van der Waals surface area (Å²) in [6.07, 6.45) is 0. The predicted octanol–water partition coefficient (Wildman–Crippen LogP) is 1.56. The van der Waals surface area contributed by atoms with E-state index < -0.39 is 0 Å². The van der Waals surface area contributed by atoms with Gasteiger partial charge in [-0.2, -0.15) is 0 Å². The average molecular weight is 422 g/mol. The second-order valence-corrected chi connectivity index (χ2v) is 8.99. The van der Waals surface area contributed by atoms with Gasteiger partial charge in [-0.1, -0.05) is 60.7 Å². The molecular weight excluding hydrogens is 390 g/mol. The zero-order valence-corrected chi connectivity index (χ0v) is 17.9. The number of rotatable bonds is 6. The molecule has 3 saturated heterocycles. The highest BCUT2D eigenvalue weighted by atomic mass is 16.5. The van der Waals surface area contributed by atoms with E-state index in [-0.39, 0.29) is 30.0 Å². The van der Waals surface area contributed by atoms with Gasteiger partial charge in [0.25, 0.3) is 0 Å². The minimum Gasteiger partial charge on any atom is -0.395 e. The molecule has 6 nitrogen and oxygen atoms in total. The molecule has 6 heteroatoms. The van der Waals surface area contributed by atoms with E-state index in [1.54, 1.807) is 0 Å². The maximum absolute atomic E-state index is 13.0. The summed E-state index contributed by atoms with van der Waals surface area (Å²) in [7, 11) is 0. The molecule has 0 bridgehead atoms. The number of aliphatic hydroxyl groups is 1. The summed E-state index contributed by atoms with van der Waals surface area (Å²) < 4.78 is 5.40. The van der Waals surface area contributed by atoms with Crippen molar-refractivity contribution in [1.82, 2.24) is 14.7 Å². The molecule has 2 atom stereocenters. The Morgan fingerprint density at radius 3 is 2.29 bits per heavy atom. The Morgan fingerprint density at radius 2 is 1.65 bits per heavy atom. The highest BCUT2D eigenvalue weighted by Crippen LogP contribution is 2.54. The lowest BCUT2D eigenvalue weighted by atomic mass is 9.60. The van der Waals surface area contributed by atoms with Crippen LogP contribution < -0.4 is 0 Å². The van der Waals surface area contributed by atoms with Crippen molar-refractivity contribution in [3.8, 4) is 0 Å². The first kappa shape index (κ1) is 20.6. The molecular formula is C25H31N3O3. The van der Waals surface area contributed by atoms with Gasteiger partial charge in [0.15, 0.2) is 0 Å². The Morgan fingerprint density at radius 1 is 1.00 bits per heavy atom. The van der Waals surface area contributed by atoms with Crippen molar-refractivity contribution >= 4 is 5.91 Å². The number of amides is 1. The van der Waals surface area contributed by atoms with Crippen molar-refractivity contribution in [2.75, 3.05) is 52.5 Å². The van der Waals surface area contributed by atoms with Crippen LogP contribution in [0.25, 0.3) is 0 Å². The maximum atomic E-state index is 13.0. The fraction of sp³-hybridized carbons (Fsp3) is 0.480. The van der Waals surface area contributed by atoms with Gasteiger partial charge in [0.05, 0.1) is 31.9 Å². The highest BCUT2D eigenvalue weighted by Gasteiger charge is 2.66. The Labute approximate surface area is 184 Å². The molecule has 2 aromatic carbocycles. The zero-order chi connectivity index (χ0) is 21.3. The van der Waals surface area contributed by atoms with Crippen molar-refractivity contribution in [2.45, 2.75) is 24.0 Å². The topological polar surface area (TPSA) is 56.3 Å². The number of hydrogen-bond donors (Lipinski definition) is 1. The summed E-state index contributed by atoms with van der Waals surface area (Å²) in [4.78, 5) is 19.6. The molecule has 3 aliphatic rings. The summed E-state index contributed by atoms with van der Waals surface area (Å²) in [6.45, 7) is 5.88. The summed E-state index contributed by atoms with van der Waals surface area (Å²) in [5, 5.41) is 10.3. The molecule has 0 unspecified atom stereocenters. The maximum Gasteiger partial charge on any atom is 0.236 e. The molecule has 2 aromatic rings. The van der Waals surface area contributed by atoms with E-state index in [9.17, 15) is 9.90 Å². The van der Waals surface area contributed by atoms with Gasteiger partial charge in [0.2, 0.25) is 5.91 Å². The smallest absolute Gasteiger partial charge is 0.236 e. The van der Waals surface area contributed by atoms with Gasteiger partial charge in [0.1, 0.15) is 0 Å². The van der Waals surface area contributed by atoms with Crippen molar-refractivity contribution < 1.29 is 14.6 Å². The molecule has 5 rings (SSSR count). The lowest BCUT2D eigenvalue weighted by Crippen LogP contribution is -2.84. The Kier molecular flexibility index (Phi) is 5.80. The van der Waals surface area contributed by atoms with Gasteiger partial charge in [-0.25, -0.2) is 0 Å². The molecule has 0 saturated carbocycles. The van der Waals surface area contributed by atoms with E-state index in [0.29, 0.717) is 19.8 Å². The van der Waals surface area contributed by atoms with Crippen LogP contribution in [0.1, 0.15) is 17.0 Å². The van der Waals surface area contributed by atoms with Crippen LogP contribution in [-0.2, 0) is 16.1 Å². The van der Waals surface area contributed by atoms with Crippen LogP contribution >= 0.6 is 0 Å². The van der Waals surface area contributed by atoms with Gasteiger partial charge in [0, 0.05) is 44.7 Å². The van der Waals surface area contributed by atoms with Crippen LogP contribution in [0.5, 0.6) is 0 Å². The van der Waals surface area contributed by atoms with Crippen LogP contribution in [0.3, 0.4) is 0 Å². The zero-order valence-electron chi connectivity index (χ0n) is 17.9. The van der Waals surface area contributed by atoms with Crippen molar-refractivity contribution in [2.24, 2.45) is 0 Å². The first-order valence-corrected chi connectivity index (χ1v) is 11.3. The second-order valence-electron chi connectivity index (χ2n) is 8.99. The lowest BCUT2D eigenvalue weighted by molar-refractivity contribution is -0.200. The Bertz CT molecular complexity index is 879. The van der Waals surface area contributed by atoms with Crippen LogP contribution in [0.15, 0.2) is 60.7 Å². The van der Waals surface area contributed by atoms with Gasteiger partial charge in [-0.15, -0.1) is 0 Å². The average Bonchev–Trinajstić information content (AvgIpc) is 2.77. The number of nitrogens with zero attached hydrogens (tertiary/aromatic N) is 3. The molecule has 3 aliphatic heterocycles. The van der Waals surface area contributed by atoms with Gasteiger partial charge < -0.3 is 14.7 Å². The van der Waals surface area contributed by atoms with Crippen molar-refractivity contribution in [1.29, 1.82) is 0 Å². The normalized spacial score (nSPS) is 25.8. The van der Waals surface area contributed by atoms with Gasteiger partial charge in [-0.05, 0) is 11.1 Å². The number of morpholine rings is 1. The van der Waals surface area contributed by atoms with E-state index in [2.05, 4.69) is 58.3 Å². The van der Waals surface area contributed by atoms with E-state index in [1.807, 2.05) is 17.0 Å². The summed E-state index contributed by atoms with van der Waals surface area (Å²) in [5.74, 6) is 0.432. The molecule has 1 amide bonds. The second kappa shape index (κ2) is 8.71. The minimum absolute atomic E-state index is 0.0686. The number of carbonyl (C=O) groups excluding carboxylic acids is 1. The highest BCUT2D eigenvalue weighted by molar-refractivity contribution is 5.80. The van der Waals surface area contributed by atoms with E-state index in [1.165, 1.54) is 11.1 Å². The molecule has 3 heterocycles. The van der Waals surface area contributed by atoms with E-state index in [0.717, 1.165) is 32.7 Å². The standard InChI is InChI=1S/C25H31N3O3/c29-17-22-24(21-9-5-2-6-10-21)25(28(22)15-20-7-3-1-4-8-20)18-27(19-25)23(30)16-26-11-13-31-14-12-26/h1-10,22,24,29H,11-19H2/t22-,24-/m1/s1. The Hall–Kier alpha value is -2.25. The third-order valence-electron chi connectivity index (χ3n) is 7.22. The molecule has 1 N–H and O–H groups in total.